The topological polar surface area (TPSA) is 46.1 Å². The summed E-state index contributed by atoms with van der Waals surface area (Å²) in [5, 5.41) is 0.647. The molecule has 28 heavy (non-hydrogen) atoms. The van der Waals surface area contributed by atoms with Crippen molar-refractivity contribution >= 4 is 23.4 Å². The lowest BCUT2D eigenvalue weighted by atomic mass is 10.0. The fraction of sp³-hybridized carbons (Fsp3) is 0.261. The Morgan fingerprint density at radius 3 is 2.68 bits per heavy atom. The smallest absolute Gasteiger partial charge is 0.237 e. The van der Waals surface area contributed by atoms with Gasteiger partial charge in [-0.05, 0) is 44.4 Å². The quantitative estimate of drug-likeness (QED) is 0.473. The molecule has 4 rings (SSSR count). The van der Waals surface area contributed by atoms with Crippen molar-refractivity contribution in [1.82, 2.24) is 9.97 Å². The fourth-order valence-electron chi connectivity index (χ4n) is 3.47. The molecule has 0 aliphatic carbocycles. The number of thioether (sulfide) groups is 1. The van der Waals surface area contributed by atoms with Crippen LogP contribution in [0.1, 0.15) is 23.2 Å². The Morgan fingerprint density at radius 1 is 1.07 bits per heavy atom. The molecule has 0 fully saturated rings. The molecule has 0 radical (unpaired) electrons. The van der Waals surface area contributed by atoms with Crippen LogP contribution in [0.5, 0.6) is 0 Å². The van der Waals surface area contributed by atoms with E-state index in [1.807, 2.05) is 36.1 Å². The fourth-order valence-corrected chi connectivity index (χ4v) is 4.25. The van der Waals surface area contributed by atoms with Crippen molar-refractivity contribution in [3.63, 3.8) is 0 Å². The predicted octanol–water partition coefficient (Wildman–Crippen LogP) is 4.83. The first-order valence-corrected chi connectivity index (χ1v) is 10.5. The lowest BCUT2D eigenvalue weighted by molar-refractivity contribution is -0.116. The average Bonchev–Trinajstić information content (AvgIpc) is 2.71. The van der Waals surface area contributed by atoms with Crippen LogP contribution in [0.25, 0.3) is 11.3 Å². The largest absolute Gasteiger partial charge is 0.311 e. The van der Waals surface area contributed by atoms with E-state index in [2.05, 4.69) is 47.2 Å². The molecule has 3 aromatic rings. The Hall–Kier alpha value is -2.66. The molecule has 1 amide bonds. The first-order valence-electron chi connectivity index (χ1n) is 9.54. The van der Waals surface area contributed by atoms with E-state index >= 15 is 0 Å². The molecule has 1 aliphatic heterocycles. The normalized spacial score (nSPS) is 13.3. The van der Waals surface area contributed by atoms with Crippen LogP contribution in [0.2, 0.25) is 0 Å². The van der Waals surface area contributed by atoms with E-state index < -0.39 is 0 Å². The van der Waals surface area contributed by atoms with E-state index in [0.29, 0.717) is 10.9 Å². The highest BCUT2D eigenvalue weighted by Gasteiger charge is 2.22. The molecule has 0 saturated heterocycles. The third-order valence-corrected chi connectivity index (χ3v) is 5.75. The lowest BCUT2D eigenvalue weighted by Gasteiger charge is -2.29. The second-order valence-electron chi connectivity index (χ2n) is 7.11. The zero-order valence-electron chi connectivity index (χ0n) is 16.2. The van der Waals surface area contributed by atoms with Gasteiger partial charge in [-0.3, -0.25) is 4.79 Å². The van der Waals surface area contributed by atoms with Crippen LogP contribution in [0.3, 0.4) is 0 Å². The highest BCUT2D eigenvalue weighted by atomic mass is 32.2. The minimum Gasteiger partial charge on any atom is -0.311 e. The number of carbonyl (C=O) groups is 1. The molecule has 0 unspecified atom stereocenters. The third kappa shape index (κ3) is 4.09. The van der Waals surface area contributed by atoms with Crippen LogP contribution in [-0.2, 0) is 11.2 Å². The van der Waals surface area contributed by atoms with E-state index in [9.17, 15) is 4.79 Å². The molecule has 1 aromatic heterocycles. The number of aryl methyl sites for hydroxylation is 3. The first-order chi connectivity index (χ1) is 13.6. The van der Waals surface area contributed by atoms with E-state index in [1.54, 1.807) is 0 Å². The molecule has 0 saturated carbocycles. The van der Waals surface area contributed by atoms with Crippen LogP contribution in [0, 0.1) is 13.8 Å². The standard InChI is InChI=1S/C23H23N3OS/c1-16-9-11-18(12-10-16)20-14-17(2)24-23(25-20)28-15-22(27)26-13-5-7-19-6-3-4-8-21(19)26/h3-4,6,8-12,14H,5,7,13,15H2,1-2H3. The Balaban J connectivity index is 1.49. The molecule has 0 spiro atoms. The van der Waals surface area contributed by atoms with Crippen molar-refractivity contribution in [2.24, 2.45) is 0 Å². The summed E-state index contributed by atoms with van der Waals surface area (Å²) in [6.07, 6.45) is 2.04. The second-order valence-corrected chi connectivity index (χ2v) is 8.05. The number of hydrogen-bond donors (Lipinski definition) is 0. The van der Waals surface area contributed by atoms with Gasteiger partial charge in [0.1, 0.15) is 0 Å². The summed E-state index contributed by atoms with van der Waals surface area (Å²) in [4.78, 5) is 24.0. The lowest BCUT2D eigenvalue weighted by Crippen LogP contribution is -2.36. The van der Waals surface area contributed by atoms with E-state index in [0.717, 1.165) is 42.0 Å². The van der Waals surface area contributed by atoms with Gasteiger partial charge < -0.3 is 4.90 Å². The summed E-state index contributed by atoms with van der Waals surface area (Å²) in [5.74, 6) is 0.449. The number of para-hydroxylation sites is 1. The molecule has 0 atom stereocenters. The van der Waals surface area contributed by atoms with Gasteiger partial charge in [-0.25, -0.2) is 9.97 Å². The van der Waals surface area contributed by atoms with Gasteiger partial charge in [0.05, 0.1) is 11.4 Å². The molecule has 0 bridgehead atoms. The molecule has 4 nitrogen and oxygen atoms in total. The number of amides is 1. The number of anilines is 1. The van der Waals surface area contributed by atoms with Crippen molar-refractivity contribution in [2.45, 2.75) is 31.8 Å². The van der Waals surface area contributed by atoms with Crippen LogP contribution >= 0.6 is 11.8 Å². The predicted molar refractivity (Wildman–Crippen MR) is 115 cm³/mol. The molecule has 2 heterocycles. The van der Waals surface area contributed by atoms with Crippen molar-refractivity contribution in [2.75, 3.05) is 17.2 Å². The zero-order chi connectivity index (χ0) is 19.5. The molecule has 1 aliphatic rings. The molecular weight excluding hydrogens is 366 g/mol. The van der Waals surface area contributed by atoms with Crippen LogP contribution < -0.4 is 4.90 Å². The van der Waals surface area contributed by atoms with Crippen molar-refractivity contribution in [3.05, 3.63) is 71.4 Å². The number of hydrogen-bond acceptors (Lipinski definition) is 4. The Bertz CT molecular complexity index is 1000. The number of fused-ring (bicyclic) bond motifs is 1. The maximum atomic E-state index is 12.9. The number of benzene rings is 2. The van der Waals surface area contributed by atoms with Crippen LogP contribution in [0.15, 0.2) is 59.8 Å². The van der Waals surface area contributed by atoms with Gasteiger partial charge in [-0.2, -0.15) is 0 Å². The monoisotopic (exact) mass is 389 g/mol. The summed E-state index contributed by atoms with van der Waals surface area (Å²) < 4.78 is 0. The molecule has 0 N–H and O–H groups in total. The Morgan fingerprint density at radius 2 is 1.86 bits per heavy atom. The molecule has 142 valence electrons. The van der Waals surface area contributed by atoms with Gasteiger partial charge in [0.15, 0.2) is 5.16 Å². The van der Waals surface area contributed by atoms with Crippen LogP contribution in [0.4, 0.5) is 5.69 Å². The van der Waals surface area contributed by atoms with Crippen LogP contribution in [-0.4, -0.2) is 28.2 Å². The van der Waals surface area contributed by atoms with E-state index in [4.69, 9.17) is 0 Å². The van der Waals surface area contributed by atoms with Crippen molar-refractivity contribution < 1.29 is 4.79 Å². The Kier molecular flexibility index (Phi) is 5.44. The number of carbonyl (C=O) groups excluding carboxylic acids is 1. The molecular formula is C23H23N3OS. The van der Waals surface area contributed by atoms with E-state index in [1.165, 1.54) is 22.9 Å². The molecule has 2 aromatic carbocycles. The second kappa shape index (κ2) is 8.15. The third-order valence-electron chi connectivity index (χ3n) is 4.92. The maximum Gasteiger partial charge on any atom is 0.237 e. The van der Waals surface area contributed by atoms with E-state index in [-0.39, 0.29) is 5.91 Å². The summed E-state index contributed by atoms with van der Waals surface area (Å²) in [6, 6.07) is 18.5. The summed E-state index contributed by atoms with van der Waals surface area (Å²) >= 11 is 1.41. The first kappa shape index (κ1) is 18.7. The number of aromatic nitrogens is 2. The van der Waals surface area contributed by atoms with Gasteiger partial charge in [-0.1, -0.05) is 59.8 Å². The van der Waals surface area contributed by atoms with Gasteiger partial charge in [-0.15, -0.1) is 0 Å². The number of rotatable bonds is 4. The summed E-state index contributed by atoms with van der Waals surface area (Å²) in [5.41, 5.74) is 6.38. The summed E-state index contributed by atoms with van der Waals surface area (Å²) in [7, 11) is 0. The van der Waals surface area contributed by atoms with Gasteiger partial charge in [0.25, 0.3) is 0 Å². The average molecular weight is 390 g/mol. The summed E-state index contributed by atoms with van der Waals surface area (Å²) in [6.45, 7) is 4.81. The van der Waals surface area contributed by atoms with Gasteiger partial charge in [0, 0.05) is 23.5 Å². The minimum atomic E-state index is 0.110. The minimum absolute atomic E-state index is 0.110. The van der Waals surface area contributed by atoms with Gasteiger partial charge in [0.2, 0.25) is 5.91 Å². The molecule has 5 heteroatoms. The highest BCUT2D eigenvalue weighted by Crippen LogP contribution is 2.28. The van der Waals surface area contributed by atoms with Crippen molar-refractivity contribution in [3.8, 4) is 11.3 Å². The number of nitrogens with zero attached hydrogens (tertiary/aromatic N) is 3. The Labute approximate surface area is 170 Å². The maximum absolute atomic E-state index is 12.9. The highest BCUT2D eigenvalue weighted by molar-refractivity contribution is 7.99. The SMILES string of the molecule is Cc1ccc(-c2cc(C)nc(SCC(=O)N3CCCc4ccccc43)n2)cc1. The van der Waals surface area contributed by atoms with Crippen molar-refractivity contribution in [1.29, 1.82) is 0 Å². The zero-order valence-corrected chi connectivity index (χ0v) is 17.0. The van der Waals surface area contributed by atoms with Gasteiger partial charge >= 0.3 is 0 Å².